The summed E-state index contributed by atoms with van der Waals surface area (Å²) in [5.74, 6) is 0.210. The first-order valence-corrected chi connectivity index (χ1v) is 10.1. The minimum atomic E-state index is -3.19. The Morgan fingerprint density at radius 3 is 2.28 bits per heavy atom. The highest BCUT2D eigenvalue weighted by Crippen LogP contribution is 2.12. The zero-order chi connectivity index (χ0) is 18.4. The van der Waals surface area contributed by atoms with E-state index in [2.05, 4.69) is 15.5 Å². The van der Waals surface area contributed by atoms with Crippen molar-refractivity contribution in [3.63, 3.8) is 0 Å². The van der Waals surface area contributed by atoms with E-state index in [-0.39, 0.29) is 22.8 Å². The molecule has 0 radical (unpaired) electrons. The number of hydrogen-bond acceptors (Lipinski definition) is 5. The quantitative estimate of drug-likeness (QED) is 0.765. The highest BCUT2D eigenvalue weighted by Gasteiger charge is 2.17. The average Bonchev–Trinajstić information content (AvgIpc) is 3.05. The number of benzene rings is 1. The maximum absolute atomic E-state index is 12.2. The summed E-state index contributed by atoms with van der Waals surface area (Å²) in [7, 11) is -3.19. The zero-order valence-electron chi connectivity index (χ0n) is 14.7. The fraction of sp³-hybridized carbons (Fsp3) is 0.471. The van der Waals surface area contributed by atoms with E-state index >= 15 is 0 Å². The van der Waals surface area contributed by atoms with E-state index in [9.17, 15) is 13.2 Å². The molecule has 1 amide bonds. The maximum Gasteiger partial charge on any atom is 0.220 e. The van der Waals surface area contributed by atoms with E-state index in [4.69, 9.17) is 0 Å². The van der Waals surface area contributed by atoms with Crippen LogP contribution in [0.1, 0.15) is 25.8 Å². The van der Waals surface area contributed by atoms with Gasteiger partial charge in [0.2, 0.25) is 5.91 Å². The molecule has 0 aliphatic carbocycles. The minimum Gasteiger partial charge on any atom is -0.351 e. The van der Waals surface area contributed by atoms with Gasteiger partial charge in [0.25, 0.3) is 0 Å². The van der Waals surface area contributed by atoms with Crippen LogP contribution in [0.2, 0.25) is 0 Å². The summed E-state index contributed by atoms with van der Waals surface area (Å²) in [5, 5.41) is 11.2. The first kappa shape index (κ1) is 19.1. The molecule has 0 aliphatic rings. The van der Waals surface area contributed by atoms with Crippen LogP contribution in [-0.2, 0) is 27.6 Å². The smallest absolute Gasteiger partial charge is 0.220 e. The van der Waals surface area contributed by atoms with Crippen LogP contribution in [0.4, 0.5) is 0 Å². The summed E-state index contributed by atoms with van der Waals surface area (Å²) in [4.78, 5) is 14.1. The van der Waals surface area contributed by atoms with E-state index in [0.717, 1.165) is 5.56 Å². The summed E-state index contributed by atoms with van der Waals surface area (Å²) < 4.78 is 22.9. The van der Waals surface area contributed by atoms with Gasteiger partial charge in [0.05, 0.1) is 29.9 Å². The molecule has 0 aliphatic heterocycles. The summed E-state index contributed by atoms with van der Waals surface area (Å²) >= 11 is 0. The molecule has 0 spiro atoms. The lowest BCUT2D eigenvalue weighted by molar-refractivity contribution is -0.122. The molecule has 1 N–H and O–H groups in total. The SMILES string of the molecule is CC(C)C(Cn1nccn1)NC(=O)CCc1ccc(S(C)(=O)=O)cc1. The van der Waals surface area contributed by atoms with Gasteiger partial charge in [-0.15, -0.1) is 0 Å². The molecule has 1 unspecified atom stereocenters. The Bertz CT molecular complexity index is 784. The van der Waals surface area contributed by atoms with E-state index in [1.165, 1.54) is 6.26 Å². The lowest BCUT2D eigenvalue weighted by Gasteiger charge is -2.21. The first-order chi connectivity index (χ1) is 11.8. The van der Waals surface area contributed by atoms with E-state index in [1.54, 1.807) is 41.5 Å². The Labute approximate surface area is 148 Å². The molecule has 25 heavy (non-hydrogen) atoms. The number of nitrogens with zero attached hydrogens (tertiary/aromatic N) is 3. The molecule has 1 aromatic carbocycles. The molecule has 7 nitrogen and oxygen atoms in total. The van der Waals surface area contributed by atoms with Crippen LogP contribution in [-0.4, -0.2) is 41.6 Å². The Kier molecular flexibility index (Phi) is 6.30. The Balaban J connectivity index is 1.88. The van der Waals surface area contributed by atoms with Gasteiger partial charge < -0.3 is 5.32 Å². The van der Waals surface area contributed by atoms with Gasteiger partial charge in [0.15, 0.2) is 9.84 Å². The highest BCUT2D eigenvalue weighted by molar-refractivity contribution is 7.90. The summed E-state index contributed by atoms with van der Waals surface area (Å²) in [6, 6.07) is 6.59. The fourth-order valence-electron chi connectivity index (χ4n) is 2.38. The molecule has 2 rings (SSSR count). The summed E-state index contributed by atoms with van der Waals surface area (Å²) in [6.07, 6.45) is 5.30. The number of hydrogen-bond donors (Lipinski definition) is 1. The number of carbonyl (C=O) groups is 1. The third-order valence-corrected chi connectivity index (χ3v) is 5.10. The first-order valence-electron chi connectivity index (χ1n) is 8.18. The predicted octanol–water partition coefficient (Wildman–Crippen LogP) is 1.46. The molecular formula is C17H24N4O3S. The van der Waals surface area contributed by atoms with Crippen molar-refractivity contribution in [3.05, 3.63) is 42.2 Å². The number of nitrogens with one attached hydrogen (secondary N) is 1. The highest BCUT2D eigenvalue weighted by atomic mass is 32.2. The molecule has 1 aromatic heterocycles. The Hall–Kier alpha value is -2.22. The van der Waals surface area contributed by atoms with Crippen LogP contribution in [0.3, 0.4) is 0 Å². The van der Waals surface area contributed by atoms with Gasteiger partial charge in [-0.2, -0.15) is 15.0 Å². The number of aryl methyl sites for hydroxylation is 1. The summed E-state index contributed by atoms with van der Waals surface area (Å²) in [6.45, 7) is 4.61. The number of sulfone groups is 1. The molecular weight excluding hydrogens is 340 g/mol. The molecule has 136 valence electrons. The molecule has 2 aromatic rings. The minimum absolute atomic E-state index is 0.0435. The van der Waals surface area contributed by atoms with Gasteiger partial charge in [-0.3, -0.25) is 4.79 Å². The van der Waals surface area contributed by atoms with Crippen LogP contribution < -0.4 is 5.32 Å². The van der Waals surface area contributed by atoms with Crippen molar-refractivity contribution in [1.29, 1.82) is 0 Å². The maximum atomic E-state index is 12.2. The van der Waals surface area contributed by atoms with Crippen LogP contribution in [0.5, 0.6) is 0 Å². The Morgan fingerprint density at radius 2 is 1.76 bits per heavy atom. The van der Waals surface area contributed by atoms with Crippen molar-refractivity contribution in [2.24, 2.45) is 5.92 Å². The van der Waals surface area contributed by atoms with Crippen LogP contribution in [0.25, 0.3) is 0 Å². The topological polar surface area (TPSA) is 93.9 Å². The summed E-state index contributed by atoms with van der Waals surface area (Å²) in [5.41, 5.74) is 0.928. The van der Waals surface area contributed by atoms with E-state index in [1.807, 2.05) is 13.8 Å². The largest absolute Gasteiger partial charge is 0.351 e. The number of rotatable bonds is 8. The fourth-order valence-corrected chi connectivity index (χ4v) is 3.01. The molecule has 1 atom stereocenters. The van der Waals surface area contributed by atoms with Crippen molar-refractivity contribution in [1.82, 2.24) is 20.3 Å². The van der Waals surface area contributed by atoms with Gasteiger partial charge in [-0.25, -0.2) is 8.42 Å². The second-order valence-electron chi connectivity index (χ2n) is 6.42. The normalized spacial score (nSPS) is 13.0. The van der Waals surface area contributed by atoms with Gasteiger partial charge in [0.1, 0.15) is 0 Å². The third-order valence-electron chi connectivity index (χ3n) is 3.97. The second-order valence-corrected chi connectivity index (χ2v) is 8.43. The lowest BCUT2D eigenvalue weighted by Crippen LogP contribution is -2.42. The van der Waals surface area contributed by atoms with Crippen molar-refractivity contribution in [2.45, 2.75) is 44.2 Å². The molecule has 0 bridgehead atoms. The van der Waals surface area contributed by atoms with Crippen LogP contribution in [0.15, 0.2) is 41.6 Å². The molecule has 0 saturated heterocycles. The van der Waals surface area contributed by atoms with E-state index in [0.29, 0.717) is 19.4 Å². The van der Waals surface area contributed by atoms with E-state index < -0.39 is 9.84 Å². The van der Waals surface area contributed by atoms with Gasteiger partial charge in [0, 0.05) is 12.7 Å². The zero-order valence-corrected chi connectivity index (χ0v) is 15.5. The molecule has 0 saturated carbocycles. The lowest BCUT2D eigenvalue weighted by atomic mass is 10.0. The van der Waals surface area contributed by atoms with Gasteiger partial charge >= 0.3 is 0 Å². The van der Waals surface area contributed by atoms with Crippen LogP contribution in [0, 0.1) is 5.92 Å². The molecule has 0 fully saturated rings. The van der Waals surface area contributed by atoms with Crippen molar-refractivity contribution >= 4 is 15.7 Å². The predicted molar refractivity (Wildman–Crippen MR) is 94.7 cm³/mol. The van der Waals surface area contributed by atoms with Crippen LogP contribution >= 0.6 is 0 Å². The standard InChI is InChI=1S/C17H24N4O3S/c1-13(2)16(12-21-18-10-11-19-21)20-17(22)9-6-14-4-7-15(8-5-14)25(3,23)24/h4-5,7-8,10-11,13,16H,6,9,12H2,1-3H3,(H,20,22). The number of carbonyl (C=O) groups excluding carboxylic acids is 1. The van der Waals surface area contributed by atoms with Gasteiger partial charge in [-0.1, -0.05) is 26.0 Å². The third kappa shape index (κ3) is 5.97. The van der Waals surface area contributed by atoms with Crippen molar-refractivity contribution in [3.8, 4) is 0 Å². The second kappa shape index (κ2) is 8.24. The Morgan fingerprint density at radius 1 is 1.16 bits per heavy atom. The molecule has 8 heteroatoms. The van der Waals surface area contributed by atoms with Crippen molar-refractivity contribution in [2.75, 3.05) is 6.26 Å². The molecule has 1 heterocycles. The number of amides is 1. The monoisotopic (exact) mass is 364 g/mol. The van der Waals surface area contributed by atoms with Gasteiger partial charge in [-0.05, 0) is 30.0 Å². The average molecular weight is 364 g/mol. The van der Waals surface area contributed by atoms with Crippen molar-refractivity contribution < 1.29 is 13.2 Å². The number of aromatic nitrogens is 3.